The zero-order chi connectivity index (χ0) is 13.1. The molecule has 0 saturated carbocycles. The molecule has 1 aromatic carbocycles. The monoisotopic (exact) mass is 315 g/mol. The maximum absolute atomic E-state index is 10.8. The highest BCUT2D eigenvalue weighted by atomic mass is 79.9. The van der Waals surface area contributed by atoms with Crippen LogP contribution in [-0.4, -0.2) is 30.5 Å². The molecule has 0 aromatic heterocycles. The van der Waals surface area contributed by atoms with Gasteiger partial charge in [-0.2, -0.15) is 0 Å². The van der Waals surface area contributed by atoms with E-state index in [0.717, 1.165) is 4.47 Å². The first-order valence-electron chi connectivity index (χ1n) is 5.61. The number of cyclic esters (lactones) is 1. The minimum absolute atomic E-state index is 0.264. The van der Waals surface area contributed by atoms with Crippen molar-refractivity contribution < 1.29 is 19.4 Å². The number of ether oxygens (including phenoxy) is 2. The van der Waals surface area contributed by atoms with Crippen molar-refractivity contribution in [3.05, 3.63) is 28.2 Å². The van der Waals surface area contributed by atoms with Gasteiger partial charge < -0.3 is 19.9 Å². The molecule has 0 radical (unpaired) electrons. The Hall–Kier alpha value is -1.27. The summed E-state index contributed by atoms with van der Waals surface area (Å²) in [5.41, 5.74) is 0.696. The molecule has 6 heteroatoms. The van der Waals surface area contributed by atoms with Gasteiger partial charge in [0, 0.05) is 10.0 Å². The van der Waals surface area contributed by atoms with E-state index in [1.54, 1.807) is 19.1 Å². The Morgan fingerprint density at radius 2 is 2.44 bits per heavy atom. The topological polar surface area (TPSA) is 67.8 Å². The fraction of sp³-hybridized carbons (Fsp3) is 0.417. The van der Waals surface area contributed by atoms with Crippen LogP contribution in [0.15, 0.2) is 22.7 Å². The first-order valence-corrected chi connectivity index (χ1v) is 6.40. The van der Waals surface area contributed by atoms with Crippen LogP contribution in [0.4, 0.5) is 4.79 Å². The lowest BCUT2D eigenvalue weighted by atomic mass is 10.1. The third-order valence-corrected chi connectivity index (χ3v) is 3.09. The first-order chi connectivity index (χ1) is 8.56. The predicted molar refractivity (Wildman–Crippen MR) is 68.5 cm³/mol. The highest BCUT2D eigenvalue weighted by molar-refractivity contribution is 9.10. The molecule has 1 aliphatic heterocycles. The Morgan fingerprint density at radius 3 is 3.06 bits per heavy atom. The highest BCUT2D eigenvalue weighted by Gasteiger charge is 2.23. The maximum Gasteiger partial charge on any atom is 0.407 e. The lowest BCUT2D eigenvalue weighted by molar-refractivity contribution is 0.102. The van der Waals surface area contributed by atoms with Gasteiger partial charge in [0.1, 0.15) is 12.4 Å². The first kappa shape index (κ1) is 13.2. The molecule has 2 N–H and O–H groups in total. The molecule has 2 rings (SSSR count). The second kappa shape index (κ2) is 5.58. The normalized spacial score (nSPS) is 20.2. The molecular formula is C12H14BrNO4. The number of carbonyl (C=O) groups is 1. The van der Waals surface area contributed by atoms with Crippen molar-refractivity contribution in [3.8, 4) is 5.75 Å². The summed E-state index contributed by atoms with van der Waals surface area (Å²) in [4.78, 5) is 10.8. The Bertz CT molecular complexity index is 450. The van der Waals surface area contributed by atoms with Crippen LogP contribution in [0.25, 0.3) is 0 Å². The lowest BCUT2D eigenvalue weighted by Gasteiger charge is -2.15. The van der Waals surface area contributed by atoms with Crippen LogP contribution < -0.4 is 10.1 Å². The minimum atomic E-state index is -0.623. The molecule has 1 aliphatic rings. The molecule has 0 spiro atoms. The van der Waals surface area contributed by atoms with Crippen molar-refractivity contribution in [2.75, 3.05) is 13.2 Å². The summed E-state index contributed by atoms with van der Waals surface area (Å²) in [6.45, 7) is 2.38. The fourth-order valence-electron chi connectivity index (χ4n) is 1.68. The van der Waals surface area contributed by atoms with Crippen LogP contribution in [0.2, 0.25) is 0 Å². The van der Waals surface area contributed by atoms with Gasteiger partial charge >= 0.3 is 6.09 Å². The SMILES string of the molecule is CC(O)c1cc(Br)ccc1OCC1CNC(=O)O1. The van der Waals surface area contributed by atoms with E-state index in [0.29, 0.717) is 17.9 Å². The molecule has 0 bridgehead atoms. The summed E-state index contributed by atoms with van der Waals surface area (Å²) in [6, 6.07) is 5.41. The molecule has 1 aromatic rings. The molecule has 1 fully saturated rings. The predicted octanol–water partition coefficient (Wildman–Crippen LogP) is 1.99. The van der Waals surface area contributed by atoms with E-state index in [1.807, 2.05) is 6.07 Å². The van der Waals surface area contributed by atoms with Crippen molar-refractivity contribution in [3.63, 3.8) is 0 Å². The number of hydrogen-bond donors (Lipinski definition) is 2. The van der Waals surface area contributed by atoms with E-state index in [1.165, 1.54) is 0 Å². The number of hydrogen-bond acceptors (Lipinski definition) is 4. The fourth-order valence-corrected chi connectivity index (χ4v) is 2.06. The smallest absolute Gasteiger partial charge is 0.407 e. The van der Waals surface area contributed by atoms with Gasteiger partial charge in [0.25, 0.3) is 0 Å². The number of rotatable bonds is 4. The lowest BCUT2D eigenvalue weighted by Crippen LogP contribution is -2.22. The van der Waals surface area contributed by atoms with Crippen molar-refractivity contribution in [1.82, 2.24) is 5.32 Å². The summed E-state index contributed by atoms with van der Waals surface area (Å²) in [5.74, 6) is 0.594. The highest BCUT2D eigenvalue weighted by Crippen LogP contribution is 2.28. The minimum Gasteiger partial charge on any atom is -0.489 e. The molecule has 2 atom stereocenters. The quantitative estimate of drug-likeness (QED) is 0.891. The molecule has 5 nitrogen and oxygen atoms in total. The van der Waals surface area contributed by atoms with Gasteiger partial charge in [0.15, 0.2) is 6.10 Å². The summed E-state index contributed by atoms with van der Waals surface area (Å²) in [7, 11) is 0. The van der Waals surface area contributed by atoms with Crippen molar-refractivity contribution in [2.45, 2.75) is 19.1 Å². The molecule has 2 unspecified atom stereocenters. The van der Waals surface area contributed by atoms with Crippen LogP contribution in [0.1, 0.15) is 18.6 Å². The number of aliphatic hydroxyl groups is 1. The standard InChI is InChI=1S/C12H14BrNO4/c1-7(15)10-4-8(13)2-3-11(10)17-6-9-5-14-12(16)18-9/h2-4,7,9,15H,5-6H2,1H3,(H,14,16). The maximum atomic E-state index is 10.8. The second-order valence-electron chi connectivity index (χ2n) is 4.08. The zero-order valence-corrected chi connectivity index (χ0v) is 11.4. The number of nitrogens with one attached hydrogen (secondary N) is 1. The number of aliphatic hydroxyl groups excluding tert-OH is 1. The average molecular weight is 316 g/mol. The van der Waals surface area contributed by atoms with E-state index in [9.17, 15) is 9.90 Å². The number of alkyl carbamates (subject to hydrolysis) is 1. The van der Waals surface area contributed by atoms with E-state index in [4.69, 9.17) is 9.47 Å². The molecule has 1 saturated heterocycles. The Labute approximate surface area is 113 Å². The van der Waals surface area contributed by atoms with Crippen LogP contribution in [0.5, 0.6) is 5.75 Å². The zero-order valence-electron chi connectivity index (χ0n) is 9.85. The molecule has 98 valence electrons. The van der Waals surface area contributed by atoms with Crippen LogP contribution in [-0.2, 0) is 4.74 Å². The van der Waals surface area contributed by atoms with E-state index in [-0.39, 0.29) is 12.7 Å². The molecule has 1 heterocycles. The molecule has 18 heavy (non-hydrogen) atoms. The van der Waals surface area contributed by atoms with E-state index in [2.05, 4.69) is 21.2 Å². The summed E-state index contributed by atoms with van der Waals surface area (Å²) >= 11 is 3.34. The number of benzene rings is 1. The number of amides is 1. The second-order valence-corrected chi connectivity index (χ2v) is 4.99. The van der Waals surface area contributed by atoms with Gasteiger partial charge in [-0.25, -0.2) is 4.79 Å². The summed E-state index contributed by atoms with van der Waals surface area (Å²) in [6.07, 6.45) is -1.33. The van der Waals surface area contributed by atoms with Gasteiger partial charge in [0.05, 0.1) is 12.6 Å². The Morgan fingerprint density at radius 1 is 1.67 bits per heavy atom. The van der Waals surface area contributed by atoms with E-state index < -0.39 is 12.2 Å². The Balaban J connectivity index is 2.02. The van der Waals surface area contributed by atoms with Gasteiger partial charge in [-0.3, -0.25) is 0 Å². The number of halogens is 1. The van der Waals surface area contributed by atoms with Crippen molar-refractivity contribution >= 4 is 22.0 Å². The molecule has 1 amide bonds. The van der Waals surface area contributed by atoms with Crippen LogP contribution >= 0.6 is 15.9 Å². The van der Waals surface area contributed by atoms with Gasteiger partial charge in [0.2, 0.25) is 0 Å². The third kappa shape index (κ3) is 3.14. The van der Waals surface area contributed by atoms with Gasteiger partial charge in [-0.15, -0.1) is 0 Å². The number of carbonyl (C=O) groups excluding carboxylic acids is 1. The average Bonchev–Trinajstić information content (AvgIpc) is 2.73. The third-order valence-electron chi connectivity index (χ3n) is 2.59. The Kier molecular flexibility index (Phi) is 4.08. The molecule has 0 aliphatic carbocycles. The summed E-state index contributed by atoms with van der Waals surface area (Å²) < 4.78 is 11.4. The van der Waals surface area contributed by atoms with Crippen molar-refractivity contribution in [1.29, 1.82) is 0 Å². The van der Waals surface area contributed by atoms with Crippen LogP contribution in [0.3, 0.4) is 0 Å². The van der Waals surface area contributed by atoms with Crippen molar-refractivity contribution in [2.24, 2.45) is 0 Å². The largest absolute Gasteiger partial charge is 0.489 e. The van der Waals surface area contributed by atoms with Gasteiger partial charge in [-0.05, 0) is 25.1 Å². The van der Waals surface area contributed by atoms with E-state index >= 15 is 0 Å². The summed E-state index contributed by atoms with van der Waals surface area (Å²) in [5, 5.41) is 12.2. The van der Waals surface area contributed by atoms with Gasteiger partial charge in [-0.1, -0.05) is 15.9 Å². The molecular weight excluding hydrogens is 302 g/mol. The van der Waals surface area contributed by atoms with Crippen LogP contribution in [0, 0.1) is 0 Å².